The maximum atomic E-state index is 4.70. The number of fused-ring (bicyclic) bond motifs is 4. The van der Waals surface area contributed by atoms with Crippen LogP contribution in [0.3, 0.4) is 0 Å². The van der Waals surface area contributed by atoms with E-state index in [1.165, 1.54) is 49.7 Å². The highest BCUT2D eigenvalue weighted by molar-refractivity contribution is 5.65. The lowest BCUT2D eigenvalue weighted by molar-refractivity contribution is 0.0688. The quantitative estimate of drug-likeness (QED) is 0.173. The Bertz CT molecular complexity index is 1700. The van der Waals surface area contributed by atoms with E-state index in [1.54, 1.807) is 0 Å². The molecule has 4 aliphatic rings. The minimum absolute atomic E-state index is 0.354. The molecular formula is C40H46N8. The average Bonchev–Trinajstić information content (AvgIpc) is 3.97. The lowest BCUT2D eigenvalue weighted by Crippen LogP contribution is -2.45. The smallest absolute Gasteiger partial charge is 0.113 e. The van der Waals surface area contributed by atoms with Gasteiger partial charge in [0, 0.05) is 48.4 Å². The second-order valence-electron chi connectivity index (χ2n) is 14.9. The fourth-order valence-corrected chi connectivity index (χ4v) is 9.66. The molecule has 8 atom stereocenters. The summed E-state index contributed by atoms with van der Waals surface area (Å²) < 4.78 is 4.32. The predicted molar refractivity (Wildman–Crippen MR) is 188 cm³/mol. The van der Waals surface area contributed by atoms with Crippen molar-refractivity contribution in [1.29, 1.82) is 0 Å². The van der Waals surface area contributed by atoms with Gasteiger partial charge in [0.2, 0.25) is 0 Å². The van der Waals surface area contributed by atoms with Crippen LogP contribution < -0.4 is 0 Å². The second-order valence-corrected chi connectivity index (χ2v) is 14.9. The number of hydrogen-bond donors (Lipinski definition) is 0. The fourth-order valence-electron chi connectivity index (χ4n) is 9.66. The highest BCUT2D eigenvalue weighted by Gasteiger charge is 2.44. The molecule has 2 aromatic heterocycles. The zero-order chi connectivity index (χ0) is 32.2. The van der Waals surface area contributed by atoms with E-state index in [0.717, 1.165) is 35.6 Å². The van der Waals surface area contributed by atoms with Crippen LogP contribution in [0.4, 0.5) is 0 Å². The van der Waals surface area contributed by atoms with Crippen molar-refractivity contribution in [2.45, 2.75) is 88.6 Å². The fraction of sp³-hybridized carbons (Fsp3) is 0.450. The van der Waals surface area contributed by atoms with E-state index in [0.29, 0.717) is 48.1 Å². The first-order chi connectivity index (χ1) is 23.6. The molecule has 2 aliphatic carbocycles. The van der Waals surface area contributed by atoms with Crippen LogP contribution in [0.2, 0.25) is 0 Å². The van der Waals surface area contributed by atoms with Crippen molar-refractivity contribution in [2.24, 2.45) is 11.8 Å². The van der Waals surface area contributed by atoms with Crippen LogP contribution in [-0.2, 0) is 0 Å². The van der Waals surface area contributed by atoms with E-state index in [2.05, 4.69) is 141 Å². The van der Waals surface area contributed by atoms with Crippen LogP contribution >= 0.6 is 0 Å². The van der Waals surface area contributed by atoms with Gasteiger partial charge in [-0.05, 0) is 75.3 Å². The van der Waals surface area contributed by atoms with Crippen LogP contribution in [0.15, 0.2) is 97.3 Å². The molecule has 8 heteroatoms. The molecule has 5 aromatic rings. The minimum Gasteiger partial charge on any atom is -0.292 e. The van der Waals surface area contributed by atoms with Gasteiger partial charge in [-0.3, -0.25) is 9.80 Å². The van der Waals surface area contributed by atoms with Crippen molar-refractivity contribution in [3.8, 4) is 22.5 Å². The van der Waals surface area contributed by atoms with Crippen molar-refractivity contribution >= 4 is 0 Å². The van der Waals surface area contributed by atoms with E-state index in [-0.39, 0.29) is 0 Å². The maximum absolute atomic E-state index is 4.70. The Morgan fingerprint density at radius 3 is 1.38 bits per heavy atom. The molecule has 0 unspecified atom stereocenters. The lowest BCUT2D eigenvalue weighted by Gasteiger charge is -2.42. The van der Waals surface area contributed by atoms with E-state index in [1.807, 2.05) is 0 Å². The molecule has 48 heavy (non-hydrogen) atoms. The number of rotatable bonds is 8. The topological polar surface area (TPSA) is 67.9 Å². The summed E-state index contributed by atoms with van der Waals surface area (Å²) in [5, 5.41) is 18.7. The summed E-state index contributed by atoms with van der Waals surface area (Å²) in [6.07, 6.45) is 11.9. The third-order valence-electron chi connectivity index (χ3n) is 12.4. The van der Waals surface area contributed by atoms with Gasteiger partial charge in [0.1, 0.15) is 11.4 Å². The Morgan fingerprint density at radius 1 is 0.542 bits per heavy atom. The first-order valence-corrected chi connectivity index (χ1v) is 18.1. The summed E-state index contributed by atoms with van der Waals surface area (Å²) in [4.78, 5) is 5.43. The zero-order valence-electron chi connectivity index (χ0n) is 28.1. The van der Waals surface area contributed by atoms with Crippen LogP contribution in [0.5, 0.6) is 0 Å². The number of likely N-dealkylation sites (tertiary alicyclic amines) is 2. The highest BCUT2D eigenvalue weighted by Crippen LogP contribution is 2.46. The molecule has 246 valence electrons. The number of hydrogen-bond acceptors (Lipinski definition) is 6. The first kappa shape index (κ1) is 30.0. The van der Waals surface area contributed by atoms with E-state index >= 15 is 0 Å². The minimum atomic E-state index is 0.354. The predicted octanol–water partition coefficient (Wildman–Crippen LogP) is 7.78. The van der Waals surface area contributed by atoms with Gasteiger partial charge < -0.3 is 0 Å². The molecule has 0 amide bonds. The largest absolute Gasteiger partial charge is 0.292 e. The molecular weight excluding hydrogens is 592 g/mol. The molecule has 4 heterocycles. The molecule has 9 rings (SSSR count). The first-order valence-electron chi connectivity index (χ1n) is 18.1. The van der Waals surface area contributed by atoms with Crippen LogP contribution in [0.1, 0.15) is 87.7 Å². The van der Waals surface area contributed by atoms with Gasteiger partial charge in [0.05, 0.1) is 24.5 Å². The van der Waals surface area contributed by atoms with Gasteiger partial charge >= 0.3 is 0 Å². The van der Waals surface area contributed by atoms with Crippen LogP contribution in [0, 0.1) is 11.8 Å². The van der Waals surface area contributed by atoms with Crippen molar-refractivity contribution in [3.05, 3.63) is 108 Å². The molecule has 4 fully saturated rings. The van der Waals surface area contributed by atoms with E-state index in [4.69, 9.17) is 10.4 Å². The van der Waals surface area contributed by atoms with Crippen molar-refractivity contribution in [3.63, 3.8) is 0 Å². The number of benzene rings is 3. The van der Waals surface area contributed by atoms with Crippen molar-refractivity contribution < 1.29 is 0 Å². The maximum Gasteiger partial charge on any atom is 0.113 e. The molecule has 2 saturated heterocycles. The standard InChI is InChI=1S/C40H46N8/c1-27(29-9-5-3-6-10-29)45-25-39(33-17-19-35(45)21-33)47-23-37(41-43-47)31-13-15-32(16-14-31)38-24-48(44-42-38)40-26-46(36-20-18-34(40)22-36)28(2)30-11-7-4-8-12-30/h3-16,23-24,27-28,33-36,39-40H,17-22,25-26H2,1-2H3/t27-,28-,33+,34+,35-,36-,39+,40+/m0/s1. The highest BCUT2D eigenvalue weighted by atomic mass is 15.5. The monoisotopic (exact) mass is 638 g/mol. The Morgan fingerprint density at radius 2 is 0.958 bits per heavy atom. The normalized spacial score (nSPS) is 28.5. The van der Waals surface area contributed by atoms with Crippen molar-refractivity contribution in [1.82, 2.24) is 39.8 Å². The van der Waals surface area contributed by atoms with E-state index in [9.17, 15) is 0 Å². The van der Waals surface area contributed by atoms with Crippen molar-refractivity contribution in [2.75, 3.05) is 13.1 Å². The summed E-state index contributed by atoms with van der Waals surface area (Å²) in [6.45, 7) is 6.76. The molecule has 4 bridgehead atoms. The average molecular weight is 639 g/mol. The Balaban J connectivity index is 0.896. The number of aromatic nitrogens is 6. The third kappa shape index (κ3) is 5.39. The lowest BCUT2D eigenvalue weighted by atomic mass is 9.91. The summed E-state index contributed by atoms with van der Waals surface area (Å²) in [5.74, 6) is 1.34. The van der Waals surface area contributed by atoms with Crippen LogP contribution in [-0.4, -0.2) is 65.0 Å². The Labute approximate surface area is 283 Å². The summed E-state index contributed by atoms with van der Waals surface area (Å²) in [7, 11) is 0. The molecule has 2 aliphatic heterocycles. The van der Waals surface area contributed by atoms with Gasteiger partial charge in [-0.2, -0.15) is 0 Å². The van der Waals surface area contributed by atoms with Gasteiger partial charge in [-0.1, -0.05) is 95.4 Å². The Kier molecular flexibility index (Phi) is 7.73. The molecule has 8 nitrogen and oxygen atoms in total. The molecule has 0 radical (unpaired) electrons. The van der Waals surface area contributed by atoms with Gasteiger partial charge in [-0.15, -0.1) is 10.2 Å². The van der Waals surface area contributed by atoms with Gasteiger partial charge in [-0.25, -0.2) is 9.36 Å². The number of nitrogens with zero attached hydrogens (tertiary/aromatic N) is 8. The SMILES string of the molecule is C[C@@H](c1ccccc1)N1C[C@@H](n2cc(-c3ccc(-c4cn([C@@H]5CN([C@@H](C)c6ccccc6)[C@H]6CC[C@@H]5C6)nn4)cc3)nn2)[C@@H]2CC[C@H]1C2. The third-order valence-corrected chi connectivity index (χ3v) is 12.4. The molecule has 0 N–H and O–H groups in total. The zero-order valence-corrected chi connectivity index (χ0v) is 28.1. The summed E-state index contributed by atoms with van der Waals surface area (Å²) in [5.41, 5.74) is 6.82. The summed E-state index contributed by atoms with van der Waals surface area (Å²) in [6, 6.07) is 33.4. The second kappa shape index (κ2) is 12.4. The Hall–Kier alpha value is -4.14. The molecule has 0 spiro atoms. The van der Waals surface area contributed by atoms with Crippen LogP contribution in [0.25, 0.3) is 22.5 Å². The summed E-state index contributed by atoms with van der Waals surface area (Å²) >= 11 is 0. The molecule has 3 aromatic carbocycles. The molecule has 2 saturated carbocycles. The number of piperidine rings is 2. The van der Waals surface area contributed by atoms with Gasteiger partial charge in [0.15, 0.2) is 0 Å². The van der Waals surface area contributed by atoms with E-state index < -0.39 is 0 Å². The van der Waals surface area contributed by atoms with Gasteiger partial charge in [0.25, 0.3) is 0 Å².